The van der Waals surface area contributed by atoms with Gasteiger partial charge in [-0.15, -0.1) is 12.4 Å². The van der Waals surface area contributed by atoms with Crippen LogP contribution in [0.2, 0.25) is 0 Å². The van der Waals surface area contributed by atoms with Crippen molar-refractivity contribution in [1.82, 2.24) is 4.90 Å². The molecule has 0 spiro atoms. The maximum absolute atomic E-state index is 12.4. The Kier molecular flexibility index (Phi) is 8.01. The molecule has 2 aromatic rings. The van der Waals surface area contributed by atoms with E-state index in [4.69, 9.17) is 20.6 Å². The molecular weight excluding hydrogens is 430 g/mol. The van der Waals surface area contributed by atoms with Crippen LogP contribution in [0.15, 0.2) is 48.5 Å². The number of nitrogens with zero attached hydrogens (tertiary/aromatic N) is 1. The van der Waals surface area contributed by atoms with Crippen LogP contribution in [0.3, 0.4) is 0 Å². The highest BCUT2D eigenvalue weighted by Gasteiger charge is 2.29. The summed E-state index contributed by atoms with van der Waals surface area (Å²) in [5, 5.41) is 8.32. The SMILES string of the molecule is Cl.N=C(c1ccc(C(=O)OC(=O)CC2CCc3ccccc3C2N)cc1)N1CCOCC1. The third kappa shape index (κ3) is 5.35. The molecule has 0 radical (unpaired) electrons. The summed E-state index contributed by atoms with van der Waals surface area (Å²) in [5.74, 6) is -0.897. The number of halogens is 1. The monoisotopic (exact) mass is 457 g/mol. The lowest BCUT2D eigenvalue weighted by molar-refractivity contribution is -0.139. The largest absolute Gasteiger partial charge is 0.389 e. The van der Waals surface area contributed by atoms with Crippen LogP contribution in [-0.2, 0) is 20.7 Å². The molecule has 2 aliphatic rings. The number of nitrogens with two attached hydrogens (primary N) is 1. The van der Waals surface area contributed by atoms with Crippen LogP contribution < -0.4 is 5.73 Å². The number of rotatable bonds is 4. The van der Waals surface area contributed by atoms with E-state index in [2.05, 4.69) is 6.07 Å². The maximum Gasteiger partial charge on any atom is 0.345 e. The number of morpholine rings is 1. The number of nitrogens with one attached hydrogen (secondary N) is 1. The second-order valence-electron chi connectivity index (χ2n) is 8.01. The van der Waals surface area contributed by atoms with Crippen molar-refractivity contribution in [3.05, 3.63) is 70.8 Å². The van der Waals surface area contributed by atoms with Gasteiger partial charge in [0, 0.05) is 24.7 Å². The predicted octanol–water partition coefficient (Wildman–Crippen LogP) is 3.10. The lowest BCUT2D eigenvalue weighted by atomic mass is 9.78. The molecule has 1 fully saturated rings. The van der Waals surface area contributed by atoms with Crippen molar-refractivity contribution in [2.24, 2.45) is 11.7 Å². The molecule has 0 bridgehead atoms. The molecular formula is C24H28ClN3O4. The molecule has 170 valence electrons. The van der Waals surface area contributed by atoms with Crippen LogP contribution in [0, 0.1) is 11.3 Å². The van der Waals surface area contributed by atoms with Gasteiger partial charge in [-0.05, 0) is 42.0 Å². The molecule has 2 atom stereocenters. The highest BCUT2D eigenvalue weighted by molar-refractivity contribution is 5.99. The first-order valence-electron chi connectivity index (χ1n) is 10.6. The Labute approximate surface area is 193 Å². The summed E-state index contributed by atoms with van der Waals surface area (Å²) in [7, 11) is 0. The zero-order valence-corrected chi connectivity index (χ0v) is 18.6. The van der Waals surface area contributed by atoms with Gasteiger partial charge in [-0.3, -0.25) is 10.2 Å². The first-order valence-corrected chi connectivity index (χ1v) is 10.6. The Hall–Kier alpha value is -2.74. The van der Waals surface area contributed by atoms with E-state index in [0.29, 0.717) is 37.7 Å². The molecule has 2 aromatic carbocycles. The minimum absolute atomic E-state index is 0. The lowest BCUT2D eigenvalue weighted by Gasteiger charge is -2.30. The van der Waals surface area contributed by atoms with Gasteiger partial charge < -0.3 is 20.1 Å². The van der Waals surface area contributed by atoms with Gasteiger partial charge in [-0.2, -0.15) is 0 Å². The van der Waals surface area contributed by atoms with E-state index in [-0.39, 0.29) is 36.4 Å². The van der Waals surface area contributed by atoms with E-state index in [9.17, 15) is 9.59 Å². The van der Waals surface area contributed by atoms with Crippen molar-refractivity contribution in [2.45, 2.75) is 25.3 Å². The van der Waals surface area contributed by atoms with E-state index in [1.54, 1.807) is 24.3 Å². The van der Waals surface area contributed by atoms with Gasteiger partial charge >= 0.3 is 11.9 Å². The predicted molar refractivity (Wildman–Crippen MR) is 123 cm³/mol. The van der Waals surface area contributed by atoms with Crippen molar-refractivity contribution in [3.8, 4) is 0 Å². The Morgan fingerprint density at radius 2 is 1.72 bits per heavy atom. The fourth-order valence-electron chi connectivity index (χ4n) is 4.24. The van der Waals surface area contributed by atoms with Crippen molar-refractivity contribution in [3.63, 3.8) is 0 Å². The highest BCUT2D eigenvalue weighted by atomic mass is 35.5. The standard InChI is InChI=1S/C24H27N3O4.ClH/c25-22-19(10-5-16-3-1-2-4-20(16)22)15-21(28)31-24(29)18-8-6-17(7-9-18)23(26)27-11-13-30-14-12-27;/h1-4,6-9,19,22,26H,5,10-15,25H2;1H. The van der Waals surface area contributed by atoms with Crippen LogP contribution in [0.5, 0.6) is 0 Å². The summed E-state index contributed by atoms with van der Waals surface area (Å²) in [6.45, 7) is 2.55. The summed E-state index contributed by atoms with van der Waals surface area (Å²) in [6, 6.07) is 14.3. The number of benzene rings is 2. The van der Waals surface area contributed by atoms with Gasteiger partial charge in [-0.25, -0.2) is 4.79 Å². The number of hydrogen-bond acceptors (Lipinski definition) is 6. The Balaban J connectivity index is 0.00000289. The number of aryl methyl sites for hydroxylation is 1. The Morgan fingerprint density at radius 1 is 1.06 bits per heavy atom. The van der Waals surface area contributed by atoms with E-state index < -0.39 is 11.9 Å². The van der Waals surface area contributed by atoms with Gasteiger partial charge in [0.2, 0.25) is 0 Å². The third-order valence-electron chi connectivity index (χ3n) is 6.06. The fourth-order valence-corrected chi connectivity index (χ4v) is 4.24. The molecule has 7 nitrogen and oxygen atoms in total. The van der Waals surface area contributed by atoms with Crippen LogP contribution in [0.25, 0.3) is 0 Å². The van der Waals surface area contributed by atoms with Crippen molar-refractivity contribution in [2.75, 3.05) is 26.3 Å². The fraction of sp³-hybridized carbons (Fsp3) is 0.375. The molecule has 1 aliphatic heterocycles. The van der Waals surface area contributed by atoms with Gasteiger partial charge in [0.1, 0.15) is 5.84 Å². The number of amidine groups is 1. The van der Waals surface area contributed by atoms with Gasteiger partial charge in [0.25, 0.3) is 0 Å². The molecule has 0 amide bonds. The molecule has 0 saturated carbocycles. The quantitative estimate of drug-likeness (QED) is 0.316. The number of fused-ring (bicyclic) bond motifs is 1. The molecule has 32 heavy (non-hydrogen) atoms. The maximum atomic E-state index is 12.4. The summed E-state index contributed by atoms with van der Waals surface area (Å²) in [6.07, 6.45) is 1.77. The van der Waals surface area contributed by atoms with Crippen LogP contribution >= 0.6 is 12.4 Å². The average molecular weight is 458 g/mol. The van der Waals surface area contributed by atoms with Gasteiger partial charge in [-0.1, -0.05) is 36.4 Å². The first kappa shape index (κ1) is 23.9. The number of hydrogen-bond donors (Lipinski definition) is 2. The number of esters is 2. The van der Waals surface area contributed by atoms with E-state index >= 15 is 0 Å². The zero-order valence-electron chi connectivity index (χ0n) is 17.8. The number of ether oxygens (including phenoxy) is 2. The molecule has 1 heterocycles. The van der Waals surface area contributed by atoms with Gasteiger partial charge in [0.15, 0.2) is 0 Å². The Morgan fingerprint density at radius 3 is 2.44 bits per heavy atom. The summed E-state index contributed by atoms with van der Waals surface area (Å²) < 4.78 is 10.4. The van der Waals surface area contributed by atoms with Crippen molar-refractivity contribution < 1.29 is 19.1 Å². The molecule has 4 rings (SSSR count). The summed E-state index contributed by atoms with van der Waals surface area (Å²) >= 11 is 0. The second-order valence-corrected chi connectivity index (χ2v) is 8.01. The lowest BCUT2D eigenvalue weighted by Crippen LogP contribution is -2.40. The van der Waals surface area contributed by atoms with Crippen LogP contribution in [0.1, 0.15) is 45.9 Å². The molecule has 1 aliphatic carbocycles. The van der Waals surface area contributed by atoms with Gasteiger partial charge in [0.05, 0.1) is 25.2 Å². The summed E-state index contributed by atoms with van der Waals surface area (Å²) in [4.78, 5) is 26.7. The normalized spacial score (nSPS) is 20.0. The van der Waals surface area contributed by atoms with Crippen LogP contribution in [0.4, 0.5) is 0 Å². The van der Waals surface area contributed by atoms with Crippen molar-refractivity contribution >= 4 is 30.2 Å². The number of carbonyl (C=O) groups excluding carboxylic acids is 2. The smallest absolute Gasteiger partial charge is 0.345 e. The van der Waals surface area contributed by atoms with Crippen LogP contribution in [-0.4, -0.2) is 49.0 Å². The zero-order chi connectivity index (χ0) is 21.8. The van der Waals surface area contributed by atoms with E-state index in [1.807, 2.05) is 23.1 Å². The molecule has 3 N–H and O–H groups in total. The second kappa shape index (κ2) is 10.7. The average Bonchev–Trinajstić information content (AvgIpc) is 2.81. The molecule has 8 heteroatoms. The molecule has 0 aromatic heterocycles. The van der Waals surface area contributed by atoms with Crippen molar-refractivity contribution in [1.29, 1.82) is 5.41 Å². The van der Waals surface area contributed by atoms with E-state index in [1.165, 1.54) is 5.56 Å². The third-order valence-corrected chi connectivity index (χ3v) is 6.06. The minimum atomic E-state index is -0.681. The first-order chi connectivity index (χ1) is 15.0. The highest BCUT2D eigenvalue weighted by Crippen LogP contribution is 2.34. The number of carbonyl (C=O) groups is 2. The topological polar surface area (TPSA) is 106 Å². The van der Waals surface area contributed by atoms with E-state index in [0.717, 1.165) is 18.4 Å². The summed E-state index contributed by atoms with van der Waals surface area (Å²) in [5.41, 5.74) is 9.64. The minimum Gasteiger partial charge on any atom is -0.389 e. The molecule has 1 saturated heterocycles. The Bertz CT molecular complexity index is 973. The molecule has 2 unspecified atom stereocenters.